The fourth-order valence-electron chi connectivity index (χ4n) is 2.83. The van der Waals surface area contributed by atoms with Gasteiger partial charge in [0.1, 0.15) is 6.54 Å². The minimum absolute atomic E-state index is 0.179. The predicted octanol–water partition coefficient (Wildman–Crippen LogP) is 3.44. The third-order valence-electron chi connectivity index (χ3n) is 4.37. The second-order valence-electron chi connectivity index (χ2n) is 6.64. The van der Waals surface area contributed by atoms with Crippen molar-refractivity contribution in [3.63, 3.8) is 0 Å². The summed E-state index contributed by atoms with van der Waals surface area (Å²) in [5, 5.41) is 5.22. The number of halogens is 3. The Morgan fingerprint density at radius 1 is 0.903 bits per heavy atom. The van der Waals surface area contributed by atoms with Gasteiger partial charge >= 0.3 is 6.18 Å². The molecule has 0 unspecified atom stereocenters. The second-order valence-corrected chi connectivity index (χ2v) is 6.64. The molecular weight excluding hydrogens is 411 g/mol. The average molecular weight is 429 g/mol. The maximum atomic E-state index is 12.9. The molecule has 0 saturated heterocycles. The van der Waals surface area contributed by atoms with Gasteiger partial charge in [-0.2, -0.15) is 13.2 Å². The summed E-state index contributed by atoms with van der Waals surface area (Å²) in [6.07, 6.45) is -4.06. The zero-order valence-corrected chi connectivity index (χ0v) is 16.1. The van der Waals surface area contributed by atoms with Gasteiger partial charge in [0.2, 0.25) is 5.91 Å². The third-order valence-corrected chi connectivity index (χ3v) is 4.37. The van der Waals surface area contributed by atoms with E-state index in [0.717, 1.165) is 11.6 Å². The van der Waals surface area contributed by atoms with Gasteiger partial charge in [0.15, 0.2) is 0 Å². The van der Waals surface area contributed by atoms with Crippen molar-refractivity contribution in [3.05, 3.63) is 100.0 Å². The van der Waals surface area contributed by atoms with Gasteiger partial charge in [-0.15, -0.1) is 0 Å². The number of aromatic nitrogens is 1. The first-order chi connectivity index (χ1) is 14.7. The second kappa shape index (κ2) is 9.29. The fourth-order valence-corrected chi connectivity index (χ4v) is 2.83. The number of carbonyl (C=O) groups is 2. The van der Waals surface area contributed by atoms with Crippen LogP contribution in [0.1, 0.15) is 21.5 Å². The van der Waals surface area contributed by atoms with Gasteiger partial charge < -0.3 is 15.2 Å². The summed E-state index contributed by atoms with van der Waals surface area (Å²) in [6, 6.07) is 16.8. The lowest BCUT2D eigenvalue weighted by Crippen LogP contribution is -2.29. The molecule has 2 N–H and O–H groups in total. The Kier molecular flexibility index (Phi) is 6.54. The number of rotatable bonds is 6. The van der Waals surface area contributed by atoms with Crippen LogP contribution in [0.4, 0.5) is 18.9 Å². The molecule has 1 heterocycles. The summed E-state index contributed by atoms with van der Waals surface area (Å²) in [7, 11) is 0. The number of hydrogen-bond donors (Lipinski definition) is 2. The van der Waals surface area contributed by atoms with Gasteiger partial charge in [-0.05, 0) is 23.8 Å². The molecule has 3 aromatic rings. The first kappa shape index (κ1) is 21.8. The molecule has 0 saturated carbocycles. The number of amides is 2. The number of pyridine rings is 1. The van der Waals surface area contributed by atoms with Crippen molar-refractivity contribution >= 4 is 17.5 Å². The molecule has 160 valence electrons. The van der Waals surface area contributed by atoms with E-state index >= 15 is 0 Å². The van der Waals surface area contributed by atoms with E-state index < -0.39 is 35.7 Å². The summed E-state index contributed by atoms with van der Waals surface area (Å²) in [6.45, 7) is -0.357. The van der Waals surface area contributed by atoms with Crippen molar-refractivity contribution in [2.24, 2.45) is 0 Å². The minimum atomic E-state index is -4.64. The molecule has 0 spiro atoms. The number of anilines is 1. The largest absolute Gasteiger partial charge is 0.417 e. The molecule has 0 aliphatic carbocycles. The van der Waals surface area contributed by atoms with Crippen molar-refractivity contribution in [1.29, 1.82) is 0 Å². The van der Waals surface area contributed by atoms with E-state index in [0.29, 0.717) is 16.8 Å². The van der Waals surface area contributed by atoms with E-state index in [1.807, 2.05) is 30.3 Å². The summed E-state index contributed by atoms with van der Waals surface area (Å²) in [4.78, 5) is 36.7. The smallest absolute Gasteiger partial charge is 0.348 e. The predicted molar refractivity (Wildman–Crippen MR) is 108 cm³/mol. The van der Waals surface area contributed by atoms with Crippen LogP contribution < -0.4 is 16.2 Å². The number of benzene rings is 2. The Morgan fingerprint density at radius 2 is 1.58 bits per heavy atom. The van der Waals surface area contributed by atoms with Crippen LogP contribution in [0.3, 0.4) is 0 Å². The molecule has 0 atom stereocenters. The van der Waals surface area contributed by atoms with Gasteiger partial charge in [0.25, 0.3) is 11.5 Å². The summed E-state index contributed by atoms with van der Waals surface area (Å²) in [5.41, 5.74) is -0.542. The van der Waals surface area contributed by atoms with E-state index in [-0.39, 0.29) is 17.8 Å². The molecule has 6 nitrogen and oxygen atoms in total. The fraction of sp³-hybridized carbons (Fsp3) is 0.136. The summed E-state index contributed by atoms with van der Waals surface area (Å²) < 4.78 is 39.2. The molecule has 0 fully saturated rings. The lowest BCUT2D eigenvalue weighted by molar-refractivity contribution is -0.138. The van der Waals surface area contributed by atoms with Crippen LogP contribution in [0, 0.1) is 0 Å². The van der Waals surface area contributed by atoms with E-state index in [2.05, 4.69) is 10.6 Å². The summed E-state index contributed by atoms with van der Waals surface area (Å²) in [5.74, 6) is -1.18. The van der Waals surface area contributed by atoms with Gasteiger partial charge in [-0.3, -0.25) is 14.4 Å². The van der Waals surface area contributed by atoms with Crippen LogP contribution >= 0.6 is 0 Å². The van der Waals surface area contributed by atoms with Crippen LogP contribution in [0.15, 0.2) is 77.7 Å². The van der Waals surface area contributed by atoms with Gasteiger partial charge in [0.05, 0.1) is 16.8 Å². The lowest BCUT2D eigenvalue weighted by Gasteiger charge is -2.13. The van der Waals surface area contributed by atoms with Crippen LogP contribution in [0.2, 0.25) is 0 Å². The Balaban J connectivity index is 1.71. The highest BCUT2D eigenvalue weighted by Gasteiger charge is 2.31. The van der Waals surface area contributed by atoms with E-state index in [1.54, 1.807) is 12.1 Å². The maximum Gasteiger partial charge on any atom is 0.417 e. The Labute approximate surface area is 175 Å². The zero-order valence-electron chi connectivity index (χ0n) is 16.1. The number of para-hydroxylation sites is 1. The average Bonchev–Trinajstić information content (AvgIpc) is 2.74. The zero-order chi connectivity index (χ0) is 22.4. The van der Waals surface area contributed by atoms with Crippen molar-refractivity contribution in [3.8, 4) is 0 Å². The minimum Gasteiger partial charge on any atom is -0.348 e. The number of nitrogens with one attached hydrogen (secondary N) is 2. The maximum absolute atomic E-state index is 12.9. The highest BCUT2D eigenvalue weighted by molar-refractivity contribution is 6.03. The van der Waals surface area contributed by atoms with Gasteiger partial charge in [0, 0.05) is 18.8 Å². The molecular formula is C22H18F3N3O3. The van der Waals surface area contributed by atoms with Crippen molar-refractivity contribution < 1.29 is 22.8 Å². The van der Waals surface area contributed by atoms with Gasteiger partial charge in [-0.1, -0.05) is 42.5 Å². The summed E-state index contributed by atoms with van der Waals surface area (Å²) >= 11 is 0. The standard InChI is InChI=1S/C22H18F3N3O3/c23-22(24,25)16-10-11-20(30)28(13-16)14-19(29)27-18-9-5-4-8-17(18)21(31)26-12-15-6-2-1-3-7-15/h1-11,13H,12,14H2,(H,26,31)(H,27,29). The normalized spacial score (nSPS) is 11.1. The molecule has 0 bridgehead atoms. The molecule has 2 amide bonds. The third kappa shape index (κ3) is 5.81. The SMILES string of the molecule is O=C(Cn1cc(C(F)(F)F)ccc1=O)Nc1ccccc1C(=O)NCc1ccccc1. The number of nitrogens with zero attached hydrogens (tertiary/aromatic N) is 1. The molecule has 3 rings (SSSR count). The molecule has 2 aromatic carbocycles. The Bertz CT molecular complexity index is 1140. The topological polar surface area (TPSA) is 80.2 Å². The first-order valence-corrected chi connectivity index (χ1v) is 9.23. The van der Waals surface area contributed by atoms with Crippen molar-refractivity contribution in [2.75, 3.05) is 5.32 Å². The van der Waals surface area contributed by atoms with Crippen LogP contribution in [0.5, 0.6) is 0 Å². The van der Waals surface area contributed by atoms with Crippen molar-refractivity contribution in [2.45, 2.75) is 19.3 Å². The first-order valence-electron chi connectivity index (χ1n) is 9.23. The van der Waals surface area contributed by atoms with Gasteiger partial charge in [-0.25, -0.2) is 0 Å². The van der Waals surface area contributed by atoms with E-state index in [9.17, 15) is 27.6 Å². The molecule has 9 heteroatoms. The molecule has 0 aliphatic heterocycles. The van der Waals surface area contributed by atoms with E-state index in [4.69, 9.17) is 0 Å². The quantitative estimate of drug-likeness (QED) is 0.630. The van der Waals surface area contributed by atoms with Crippen LogP contribution in [-0.2, 0) is 24.1 Å². The van der Waals surface area contributed by atoms with Crippen LogP contribution in [0.25, 0.3) is 0 Å². The lowest BCUT2D eigenvalue weighted by atomic mass is 10.1. The van der Waals surface area contributed by atoms with Crippen molar-refractivity contribution in [1.82, 2.24) is 9.88 Å². The number of hydrogen-bond acceptors (Lipinski definition) is 3. The molecule has 31 heavy (non-hydrogen) atoms. The number of carbonyl (C=O) groups excluding carboxylic acids is 2. The van der Waals surface area contributed by atoms with E-state index in [1.165, 1.54) is 12.1 Å². The molecule has 0 radical (unpaired) electrons. The highest BCUT2D eigenvalue weighted by Crippen LogP contribution is 2.28. The molecule has 0 aliphatic rings. The number of alkyl halides is 3. The highest BCUT2D eigenvalue weighted by atomic mass is 19.4. The monoisotopic (exact) mass is 429 g/mol. The Hall–Kier alpha value is -3.88. The van der Waals surface area contributed by atoms with Crippen LogP contribution in [-0.4, -0.2) is 16.4 Å². The Morgan fingerprint density at radius 3 is 2.29 bits per heavy atom. The molecule has 1 aromatic heterocycles.